The lowest BCUT2D eigenvalue weighted by molar-refractivity contribution is -0.137. The molecular weight excluding hydrogens is 281 g/mol. The highest BCUT2D eigenvalue weighted by molar-refractivity contribution is 5.48. The normalized spacial score (nSPS) is 18.6. The number of anilines is 1. The SMILES string of the molecule is C=C[C@@H](CO)N1CCN(c2ccc(C(F)(F)F)cc2)CC1. The first-order chi connectivity index (χ1) is 9.95. The highest BCUT2D eigenvalue weighted by Gasteiger charge is 2.30. The summed E-state index contributed by atoms with van der Waals surface area (Å²) >= 11 is 0. The van der Waals surface area contributed by atoms with Crippen LogP contribution in [0.4, 0.5) is 18.9 Å². The maximum atomic E-state index is 12.5. The van der Waals surface area contributed by atoms with Crippen molar-refractivity contribution in [2.45, 2.75) is 12.2 Å². The summed E-state index contributed by atoms with van der Waals surface area (Å²) in [7, 11) is 0. The molecule has 0 radical (unpaired) electrons. The predicted octanol–water partition coefficient (Wildman–Crippen LogP) is 2.37. The van der Waals surface area contributed by atoms with Crippen LogP contribution < -0.4 is 4.90 Å². The van der Waals surface area contributed by atoms with E-state index < -0.39 is 11.7 Å². The molecule has 1 aliphatic heterocycles. The third-order valence-corrected chi connectivity index (χ3v) is 3.80. The molecule has 1 aliphatic rings. The molecule has 6 heteroatoms. The molecule has 0 aromatic heterocycles. The lowest BCUT2D eigenvalue weighted by Gasteiger charge is -2.38. The third-order valence-electron chi connectivity index (χ3n) is 3.80. The number of alkyl halides is 3. The Bertz CT molecular complexity index is 465. The predicted molar refractivity (Wildman–Crippen MR) is 76.3 cm³/mol. The zero-order chi connectivity index (χ0) is 15.5. The van der Waals surface area contributed by atoms with Gasteiger partial charge in [0, 0.05) is 31.9 Å². The van der Waals surface area contributed by atoms with E-state index in [1.807, 2.05) is 4.90 Å². The molecule has 21 heavy (non-hydrogen) atoms. The van der Waals surface area contributed by atoms with E-state index in [1.54, 1.807) is 6.08 Å². The van der Waals surface area contributed by atoms with Gasteiger partial charge in [0.05, 0.1) is 18.2 Å². The average molecular weight is 300 g/mol. The minimum Gasteiger partial charge on any atom is -0.394 e. The van der Waals surface area contributed by atoms with Crippen LogP contribution >= 0.6 is 0 Å². The van der Waals surface area contributed by atoms with E-state index in [0.717, 1.165) is 44.0 Å². The van der Waals surface area contributed by atoms with Crippen LogP contribution in [0.2, 0.25) is 0 Å². The Hall–Kier alpha value is -1.53. The molecule has 0 spiro atoms. The first-order valence-corrected chi connectivity index (χ1v) is 6.85. The van der Waals surface area contributed by atoms with E-state index in [2.05, 4.69) is 11.5 Å². The van der Waals surface area contributed by atoms with Crippen molar-refractivity contribution < 1.29 is 18.3 Å². The summed E-state index contributed by atoms with van der Waals surface area (Å²) in [6.45, 7) is 6.66. The first kappa shape index (κ1) is 15.9. The van der Waals surface area contributed by atoms with Crippen molar-refractivity contribution in [3.8, 4) is 0 Å². The summed E-state index contributed by atoms with van der Waals surface area (Å²) in [6, 6.07) is 5.19. The number of hydrogen-bond acceptors (Lipinski definition) is 3. The van der Waals surface area contributed by atoms with Crippen molar-refractivity contribution in [2.75, 3.05) is 37.7 Å². The zero-order valence-electron chi connectivity index (χ0n) is 11.7. The molecule has 1 fully saturated rings. The molecule has 1 aromatic carbocycles. The Kier molecular flexibility index (Phi) is 4.90. The Morgan fingerprint density at radius 3 is 2.14 bits per heavy atom. The second-order valence-electron chi connectivity index (χ2n) is 5.05. The number of aliphatic hydroxyl groups is 1. The molecule has 116 valence electrons. The number of hydrogen-bond donors (Lipinski definition) is 1. The van der Waals surface area contributed by atoms with Gasteiger partial charge < -0.3 is 10.0 Å². The van der Waals surface area contributed by atoms with Crippen molar-refractivity contribution in [1.82, 2.24) is 4.90 Å². The number of aliphatic hydroxyl groups excluding tert-OH is 1. The van der Waals surface area contributed by atoms with Crippen LogP contribution in [0.1, 0.15) is 5.56 Å². The van der Waals surface area contributed by atoms with Crippen LogP contribution in [0.5, 0.6) is 0 Å². The molecule has 0 saturated carbocycles. The van der Waals surface area contributed by atoms with Crippen molar-refractivity contribution in [1.29, 1.82) is 0 Å². The first-order valence-electron chi connectivity index (χ1n) is 6.85. The summed E-state index contributed by atoms with van der Waals surface area (Å²) in [5, 5.41) is 9.23. The quantitative estimate of drug-likeness (QED) is 0.865. The second-order valence-corrected chi connectivity index (χ2v) is 5.05. The maximum absolute atomic E-state index is 12.5. The number of halogens is 3. The molecule has 1 saturated heterocycles. The number of piperazine rings is 1. The lowest BCUT2D eigenvalue weighted by Crippen LogP contribution is -2.50. The summed E-state index contributed by atoms with van der Waals surface area (Å²) < 4.78 is 37.6. The van der Waals surface area contributed by atoms with Gasteiger partial charge in [0.2, 0.25) is 0 Å². The van der Waals surface area contributed by atoms with E-state index in [1.165, 1.54) is 12.1 Å². The topological polar surface area (TPSA) is 26.7 Å². The summed E-state index contributed by atoms with van der Waals surface area (Å²) in [6.07, 6.45) is -2.58. The van der Waals surface area contributed by atoms with Crippen molar-refractivity contribution >= 4 is 5.69 Å². The minimum atomic E-state index is -4.30. The molecule has 0 amide bonds. The standard InChI is InChI=1S/C15H19F3N2O/c1-2-13(11-21)19-7-9-20(10-8-19)14-5-3-12(4-6-14)15(16,17)18/h2-6,13,21H,1,7-11H2/t13-/m0/s1. The van der Waals surface area contributed by atoms with Gasteiger partial charge in [-0.3, -0.25) is 4.90 Å². The van der Waals surface area contributed by atoms with Gasteiger partial charge in [-0.2, -0.15) is 13.2 Å². The maximum Gasteiger partial charge on any atom is 0.416 e. The smallest absolute Gasteiger partial charge is 0.394 e. The van der Waals surface area contributed by atoms with Crippen LogP contribution in [0.25, 0.3) is 0 Å². The number of rotatable bonds is 4. The zero-order valence-corrected chi connectivity index (χ0v) is 11.7. The van der Waals surface area contributed by atoms with Gasteiger partial charge in [0.15, 0.2) is 0 Å². The fourth-order valence-corrected chi connectivity index (χ4v) is 2.51. The van der Waals surface area contributed by atoms with Crippen molar-refractivity contribution in [3.63, 3.8) is 0 Å². The third kappa shape index (κ3) is 3.77. The van der Waals surface area contributed by atoms with E-state index in [-0.39, 0.29) is 12.6 Å². The van der Waals surface area contributed by atoms with E-state index >= 15 is 0 Å². The Labute approximate surface area is 122 Å². The second kappa shape index (κ2) is 6.49. The van der Waals surface area contributed by atoms with Gasteiger partial charge in [-0.15, -0.1) is 6.58 Å². The highest BCUT2D eigenvalue weighted by atomic mass is 19.4. The van der Waals surface area contributed by atoms with Crippen LogP contribution in [0.15, 0.2) is 36.9 Å². The van der Waals surface area contributed by atoms with E-state index in [9.17, 15) is 18.3 Å². The van der Waals surface area contributed by atoms with Crippen LogP contribution in [-0.4, -0.2) is 48.8 Å². The number of benzene rings is 1. The van der Waals surface area contributed by atoms with Gasteiger partial charge in [-0.1, -0.05) is 6.08 Å². The molecule has 1 heterocycles. The Balaban J connectivity index is 1.98. The lowest BCUT2D eigenvalue weighted by atomic mass is 10.1. The van der Waals surface area contributed by atoms with E-state index in [4.69, 9.17) is 0 Å². The Morgan fingerprint density at radius 2 is 1.71 bits per heavy atom. The number of nitrogens with zero attached hydrogens (tertiary/aromatic N) is 2. The highest BCUT2D eigenvalue weighted by Crippen LogP contribution is 2.30. The van der Waals surface area contributed by atoms with Gasteiger partial charge in [-0.25, -0.2) is 0 Å². The van der Waals surface area contributed by atoms with Gasteiger partial charge in [-0.05, 0) is 24.3 Å². The average Bonchev–Trinajstić information content (AvgIpc) is 2.48. The van der Waals surface area contributed by atoms with Crippen molar-refractivity contribution in [2.24, 2.45) is 0 Å². The fraction of sp³-hybridized carbons (Fsp3) is 0.467. The van der Waals surface area contributed by atoms with Gasteiger partial charge in [0.1, 0.15) is 0 Å². The molecule has 1 N–H and O–H groups in total. The van der Waals surface area contributed by atoms with Crippen LogP contribution in [0.3, 0.4) is 0 Å². The molecule has 0 unspecified atom stereocenters. The molecule has 2 rings (SSSR count). The Morgan fingerprint density at radius 1 is 1.14 bits per heavy atom. The largest absolute Gasteiger partial charge is 0.416 e. The van der Waals surface area contributed by atoms with Crippen LogP contribution in [0, 0.1) is 0 Å². The molecular formula is C15H19F3N2O. The van der Waals surface area contributed by atoms with Crippen molar-refractivity contribution in [3.05, 3.63) is 42.5 Å². The molecule has 1 aromatic rings. The van der Waals surface area contributed by atoms with Gasteiger partial charge in [0.25, 0.3) is 0 Å². The summed E-state index contributed by atoms with van der Waals surface area (Å²) in [4.78, 5) is 4.17. The molecule has 0 aliphatic carbocycles. The molecule has 3 nitrogen and oxygen atoms in total. The van der Waals surface area contributed by atoms with E-state index in [0.29, 0.717) is 0 Å². The monoisotopic (exact) mass is 300 g/mol. The molecule has 1 atom stereocenters. The fourth-order valence-electron chi connectivity index (χ4n) is 2.51. The minimum absolute atomic E-state index is 0.0315. The summed E-state index contributed by atoms with van der Waals surface area (Å²) in [5.74, 6) is 0. The molecule has 0 bridgehead atoms. The van der Waals surface area contributed by atoms with Crippen LogP contribution in [-0.2, 0) is 6.18 Å². The van der Waals surface area contributed by atoms with Gasteiger partial charge >= 0.3 is 6.18 Å². The summed E-state index contributed by atoms with van der Waals surface area (Å²) in [5.41, 5.74) is 0.165.